The molecule has 1 aliphatic carbocycles. The maximum Gasteiger partial charge on any atom is 0.115 e. The number of hydrogen-bond acceptors (Lipinski definition) is 2. The van der Waals surface area contributed by atoms with Crippen molar-refractivity contribution in [3.63, 3.8) is 0 Å². The Morgan fingerprint density at radius 3 is 3.06 bits per heavy atom. The topological polar surface area (TPSA) is 23.5 Å². The fraction of sp³-hybridized carbons (Fsp3) is 0.625. The summed E-state index contributed by atoms with van der Waals surface area (Å²) in [7, 11) is 2.26. The van der Waals surface area contributed by atoms with Gasteiger partial charge in [0.25, 0.3) is 0 Å². The molecule has 1 heterocycles. The fourth-order valence-electron chi connectivity index (χ4n) is 4.08. The molecule has 0 radical (unpaired) electrons. The van der Waals surface area contributed by atoms with E-state index in [2.05, 4.69) is 24.9 Å². The van der Waals surface area contributed by atoms with Crippen LogP contribution in [0.1, 0.15) is 43.7 Å². The minimum absolute atomic E-state index is 0.332. The first-order chi connectivity index (χ1) is 8.64. The number of likely N-dealkylation sites (N-methyl/N-ethyl adjacent to an activating group) is 1. The highest BCUT2D eigenvalue weighted by atomic mass is 16.3. The number of benzene rings is 1. The molecule has 1 aromatic carbocycles. The van der Waals surface area contributed by atoms with Crippen LogP contribution in [0.2, 0.25) is 0 Å². The average Bonchev–Trinajstić information content (AvgIpc) is 2.36. The number of nitrogens with zero attached hydrogens (tertiary/aromatic N) is 1. The lowest BCUT2D eigenvalue weighted by molar-refractivity contribution is 0.0972. The number of likely N-dealkylation sites (tertiary alicyclic amines) is 1. The van der Waals surface area contributed by atoms with Crippen LogP contribution in [-0.4, -0.2) is 29.6 Å². The highest BCUT2D eigenvalue weighted by molar-refractivity contribution is 5.43. The standard InChI is InChI=1S/C16H23NO/c1-3-6-16-7-8-17(2)13(11-16)9-12-4-5-14(18)10-15(12)16/h4-5,10,13,18H,3,6-9,11H2,1-2H3/t13?,16-/m1/s1. The summed E-state index contributed by atoms with van der Waals surface area (Å²) in [6.07, 6.45) is 6.15. The molecule has 1 fully saturated rings. The van der Waals surface area contributed by atoms with Crippen molar-refractivity contribution >= 4 is 0 Å². The van der Waals surface area contributed by atoms with Crippen molar-refractivity contribution < 1.29 is 5.11 Å². The van der Waals surface area contributed by atoms with E-state index in [-0.39, 0.29) is 0 Å². The van der Waals surface area contributed by atoms with Crippen molar-refractivity contribution in [2.45, 2.75) is 50.5 Å². The Morgan fingerprint density at radius 2 is 2.28 bits per heavy atom. The summed E-state index contributed by atoms with van der Waals surface area (Å²) in [4.78, 5) is 2.52. The monoisotopic (exact) mass is 245 g/mol. The van der Waals surface area contributed by atoms with Crippen molar-refractivity contribution in [2.75, 3.05) is 13.6 Å². The van der Waals surface area contributed by atoms with Gasteiger partial charge in [0.05, 0.1) is 0 Å². The van der Waals surface area contributed by atoms with E-state index in [1.807, 2.05) is 12.1 Å². The van der Waals surface area contributed by atoms with Gasteiger partial charge >= 0.3 is 0 Å². The van der Waals surface area contributed by atoms with Crippen LogP contribution in [0.4, 0.5) is 0 Å². The number of piperidine rings is 1. The zero-order valence-corrected chi connectivity index (χ0v) is 11.4. The maximum atomic E-state index is 9.81. The summed E-state index contributed by atoms with van der Waals surface area (Å²) in [5, 5.41) is 9.81. The smallest absolute Gasteiger partial charge is 0.115 e. The van der Waals surface area contributed by atoms with Gasteiger partial charge in [-0.2, -0.15) is 0 Å². The summed E-state index contributed by atoms with van der Waals surface area (Å²) < 4.78 is 0. The molecule has 2 atom stereocenters. The van der Waals surface area contributed by atoms with Crippen molar-refractivity contribution in [1.82, 2.24) is 4.90 Å². The third-order valence-electron chi connectivity index (χ3n) is 5.04. The second kappa shape index (κ2) is 4.27. The molecule has 18 heavy (non-hydrogen) atoms. The molecule has 2 heteroatoms. The zero-order chi connectivity index (χ0) is 12.8. The van der Waals surface area contributed by atoms with E-state index in [9.17, 15) is 5.11 Å². The molecule has 0 aromatic heterocycles. The molecule has 1 saturated heterocycles. The van der Waals surface area contributed by atoms with Crippen LogP contribution in [0.3, 0.4) is 0 Å². The Labute approximate surface area is 110 Å². The molecule has 2 nitrogen and oxygen atoms in total. The van der Waals surface area contributed by atoms with Gasteiger partial charge in [-0.25, -0.2) is 0 Å². The fourth-order valence-corrected chi connectivity index (χ4v) is 4.08. The second-order valence-electron chi connectivity index (χ2n) is 6.16. The SMILES string of the molecule is CCC[C@]12CCN(C)C(Cc3ccc(O)cc31)C2. The summed E-state index contributed by atoms with van der Waals surface area (Å²) in [5.41, 5.74) is 3.23. The molecule has 98 valence electrons. The van der Waals surface area contributed by atoms with Gasteiger partial charge in [-0.15, -0.1) is 0 Å². The van der Waals surface area contributed by atoms with Gasteiger partial charge < -0.3 is 10.0 Å². The van der Waals surface area contributed by atoms with Crippen molar-refractivity contribution in [3.8, 4) is 5.75 Å². The third-order valence-corrected chi connectivity index (χ3v) is 5.04. The van der Waals surface area contributed by atoms with E-state index in [0.29, 0.717) is 17.2 Å². The zero-order valence-electron chi connectivity index (χ0n) is 11.4. The Morgan fingerprint density at radius 1 is 1.44 bits per heavy atom. The number of phenols is 1. The van der Waals surface area contributed by atoms with Crippen LogP contribution >= 0.6 is 0 Å². The molecular formula is C16H23NO. The van der Waals surface area contributed by atoms with E-state index in [0.717, 1.165) is 6.42 Å². The van der Waals surface area contributed by atoms with Crippen molar-refractivity contribution in [1.29, 1.82) is 0 Å². The van der Waals surface area contributed by atoms with Gasteiger partial charge in [-0.3, -0.25) is 0 Å². The van der Waals surface area contributed by atoms with E-state index in [4.69, 9.17) is 0 Å². The number of aromatic hydroxyl groups is 1. The highest BCUT2D eigenvalue weighted by Crippen LogP contribution is 2.48. The predicted molar refractivity (Wildman–Crippen MR) is 74.0 cm³/mol. The number of hydrogen-bond donors (Lipinski definition) is 1. The molecule has 0 spiro atoms. The molecule has 1 aromatic rings. The van der Waals surface area contributed by atoms with E-state index in [1.165, 1.54) is 43.4 Å². The third kappa shape index (κ3) is 1.74. The Bertz CT molecular complexity index is 456. The molecular weight excluding hydrogens is 222 g/mol. The first-order valence-electron chi connectivity index (χ1n) is 7.17. The lowest BCUT2D eigenvalue weighted by Gasteiger charge is -2.50. The van der Waals surface area contributed by atoms with Crippen LogP contribution < -0.4 is 0 Å². The first kappa shape index (κ1) is 12.0. The lowest BCUT2D eigenvalue weighted by atomic mass is 9.62. The Balaban J connectivity index is 2.09. The summed E-state index contributed by atoms with van der Waals surface area (Å²) in [5.74, 6) is 0.432. The highest BCUT2D eigenvalue weighted by Gasteiger charge is 2.44. The van der Waals surface area contributed by atoms with Crippen molar-refractivity contribution in [2.24, 2.45) is 0 Å². The Hall–Kier alpha value is -1.02. The molecule has 0 saturated carbocycles. The van der Waals surface area contributed by atoms with Crippen LogP contribution in [-0.2, 0) is 11.8 Å². The Kier molecular flexibility index (Phi) is 2.86. The second-order valence-corrected chi connectivity index (χ2v) is 6.16. The molecule has 1 N–H and O–H groups in total. The van der Waals surface area contributed by atoms with Crippen molar-refractivity contribution in [3.05, 3.63) is 29.3 Å². The number of phenolic OH excluding ortho intramolecular Hbond substituents is 1. The largest absolute Gasteiger partial charge is 0.508 e. The molecule has 2 bridgehead atoms. The van der Waals surface area contributed by atoms with Gasteiger partial charge in [0.15, 0.2) is 0 Å². The summed E-state index contributed by atoms with van der Waals surface area (Å²) in [6, 6.07) is 6.72. The van der Waals surface area contributed by atoms with Crippen LogP contribution in [0.15, 0.2) is 18.2 Å². The van der Waals surface area contributed by atoms with E-state index >= 15 is 0 Å². The minimum Gasteiger partial charge on any atom is -0.508 e. The normalized spacial score (nSPS) is 31.1. The number of fused-ring (bicyclic) bond motifs is 4. The molecule has 1 aliphatic heterocycles. The predicted octanol–water partition coefficient (Wildman–Crippen LogP) is 3.08. The van der Waals surface area contributed by atoms with Gasteiger partial charge in [0.1, 0.15) is 5.75 Å². The van der Waals surface area contributed by atoms with E-state index < -0.39 is 0 Å². The van der Waals surface area contributed by atoms with Crippen LogP contribution in [0.25, 0.3) is 0 Å². The van der Waals surface area contributed by atoms with Crippen LogP contribution in [0, 0.1) is 0 Å². The molecule has 3 rings (SSSR count). The minimum atomic E-state index is 0.332. The molecule has 1 unspecified atom stereocenters. The summed E-state index contributed by atoms with van der Waals surface area (Å²) in [6.45, 7) is 3.47. The van der Waals surface area contributed by atoms with Gasteiger partial charge in [0.2, 0.25) is 0 Å². The lowest BCUT2D eigenvalue weighted by Crippen LogP contribution is -2.51. The van der Waals surface area contributed by atoms with Gasteiger partial charge in [-0.05, 0) is 68.0 Å². The van der Waals surface area contributed by atoms with Gasteiger partial charge in [0, 0.05) is 6.04 Å². The molecule has 0 amide bonds. The first-order valence-corrected chi connectivity index (χ1v) is 7.17. The summed E-state index contributed by atoms with van der Waals surface area (Å²) >= 11 is 0. The quantitative estimate of drug-likeness (QED) is 0.865. The van der Waals surface area contributed by atoms with Gasteiger partial charge in [-0.1, -0.05) is 19.4 Å². The number of rotatable bonds is 2. The average molecular weight is 245 g/mol. The van der Waals surface area contributed by atoms with Crippen LogP contribution in [0.5, 0.6) is 5.75 Å². The van der Waals surface area contributed by atoms with E-state index in [1.54, 1.807) is 0 Å². The molecule has 2 aliphatic rings. The maximum absolute atomic E-state index is 9.81.